The molecule has 14 nitrogen and oxygen atoms in total. The number of aryl methyl sites for hydroxylation is 1. The first kappa shape index (κ1) is 127. The zero-order chi connectivity index (χ0) is 95.6. The number of hydrogen-bond donors (Lipinski definition) is 2. The molecule has 0 saturated carbocycles. The molecule has 0 radical (unpaired) electrons. The van der Waals surface area contributed by atoms with Crippen molar-refractivity contribution in [3.8, 4) is 0 Å². The van der Waals surface area contributed by atoms with Crippen LogP contribution in [0.5, 0.6) is 0 Å². The summed E-state index contributed by atoms with van der Waals surface area (Å²) in [6.07, 6.45) is 6.56. The maximum atomic E-state index is 10.5. The summed E-state index contributed by atoms with van der Waals surface area (Å²) in [6, 6.07) is 73.7. The average Bonchev–Trinajstić information content (AvgIpc) is 0.856. The minimum Gasteiger partial charge on any atom is -0.286 e. The van der Waals surface area contributed by atoms with Crippen molar-refractivity contribution in [2.24, 2.45) is 11.8 Å². The smallest absolute Gasteiger partial charge is 0.286 e. The van der Waals surface area contributed by atoms with Crippen molar-refractivity contribution in [2.75, 3.05) is 18.8 Å². The minimum absolute atomic E-state index is 0.0666. The molecule has 0 aliphatic rings. The standard InChI is InChI=1S/2C13H14S.C12H13NS.2C9H12S.C8H11NS.C7H8O3S.2C5H12O3S.2C4H10.4C2H6.CH4O3S/c2*1-10(2)14-13-8-7-11-5-3-4-6-12(11)9-13;1-9(2)14-12-7-10-5-3-4-6-11(10)8-13-12;2*1-8(2)10-9-6-4-3-5-7-9;1-7(2)10-8-5-3-4-6-9-8;1-6-2-4-7(5-3-6)11(8,9)10;2*1-5(2,3)8-9(4,6)7;2*1-4(2)3;4*1-2;1-5(2,3)4/h2*3-10H,1-2H3;3-9H,1-2H3;2*3-8H,1-2H3;3-7H,1-2H3;2-5H,1H3,(H,8,9,10);2*1-4H3;2*4H,1-3H3;4*1-2H3;1H3,(H,2,3,4). The summed E-state index contributed by atoms with van der Waals surface area (Å²) in [6.45, 7) is 67.4. The molecule has 0 fully saturated rings. The molecule has 24 heteroatoms. The van der Waals surface area contributed by atoms with Gasteiger partial charge in [0, 0.05) is 68.9 Å². The maximum absolute atomic E-state index is 10.5. The molecule has 0 aliphatic carbocycles. The summed E-state index contributed by atoms with van der Waals surface area (Å²) in [5, 5.41) is 13.9. The number of aromatic nitrogens is 2. The number of rotatable bonds is 15. The van der Waals surface area contributed by atoms with E-state index < -0.39 is 51.7 Å². The van der Waals surface area contributed by atoms with Crippen LogP contribution in [-0.2, 0) is 48.8 Å². The van der Waals surface area contributed by atoms with Gasteiger partial charge in [0.2, 0.25) is 0 Å². The molecule has 0 amide bonds. The summed E-state index contributed by atoms with van der Waals surface area (Å²) in [7, 11) is -14.2. The Balaban J connectivity index is -0.000000303. The van der Waals surface area contributed by atoms with E-state index in [1.165, 1.54) is 64.0 Å². The first-order chi connectivity index (χ1) is 56.5. The SMILES string of the molecule is CC.CC.CC.CC.CC(C)(C)OS(C)(=O)=O.CC(C)(C)OS(C)(=O)=O.CC(C)C.CC(C)C.CC(C)Sc1cc2ccccc2cn1.CC(C)Sc1ccc2ccccc2c1.CC(C)Sc1ccc2ccccc2c1.CC(C)Sc1ccccc1.CC(C)Sc1ccccc1.CC(C)Sc1ccccn1.CS(=O)(=O)O.Cc1ccc(S(=O)(=O)O)cc1. The molecule has 10 aromatic rings. The van der Waals surface area contributed by atoms with Crippen molar-refractivity contribution < 1.29 is 51.1 Å². The maximum Gasteiger partial charge on any atom is 0.294 e. The van der Waals surface area contributed by atoms with Crippen molar-refractivity contribution in [3.63, 3.8) is 0 Å². The van der Waals surface area contributed by atoms with E-state index in [2.05, 4.69) is 301 Å². The Bertz CT molecular complexity index is 4280. The number of nitrogens with zero attached hydrogens (tertiary/aromatic N) is 2. The highest BCUT2D eigenvalue weighted by Crippen LogP contribution is 2.30. The molecule has 0 atom stereocenters. The second-order valence-corrected chi connectivity index (χ2v) is 46.3. The normalized spacial score (nSPS) is 10.7. The Labute approximate surface area is 770 Å². The molecule has 0 aliphatic heterocycles. The van der Waals surface area contributed by atoms with Gasteiger partial charge >= 0.3 is 0 Å². The molecule has 10 rings (SSSR count). The van der Waals surface area contributed by atoms with Gasteiger partial charge < -0.3 is 0 Å². The van der Waals surface area contributed by atoms with Gasteiger partial charge in [-0.3, -0.25) is 17.5 Å². The Hall–Kier alpha value is -5.42. The van der Waals surface area contributed by atoms with Gasteiger partial charge in [0.25, 0.3) is 40.5 Å². The number of benzene rings is 8. The van der Waals surface area contributed by atoms with Gasteiger partial charge in [-0.1, -0.05) is 325 Å². The van der Waals surface area contributed by atoms with Crippen LogP contribution in [0, 0.1) is 18.8 Å². The lowest BCUT2D eigenvalue weighted by Crippen LogP contribution is -2.22. The van der Waals surface area contributed by atoms with Crippen LogP contribution in [0.3, 0.4) is 0 Å². The van der Waals surface area contributed by atoms with Crippen molar-refractivity contribution in [3.05, 3.63) is 236 Å². The molecular weight excluding hydrogens is 1720 g/mol. The number of hydrogen-bond acceptors (Lipinski definition) is 18. The highest BCUT2D eigenvalue weighted by molar-refractivity contribution is 8.01. The topological polar surface area (TPSA) is 221 Å². The van der Waals surface area contributed by atoms with Crippen molar-refractivity contribution >= 4 is 143 Å². The third-order valence-corrected chi connectivity index (χ3v) is 19.9. The lowest BCUT2D eigenvalue weighted by atomic mass is 10.1. The molecule has 0 saturated heterocycles. The van der Waals surface area contributed by atoms with Crippen LogP contribution in [0.1, 0.15) is 227 Å². The van der Waals surface area contributed by atoms with E-state index in [1.54, 1.807) is 77.2 Å². The van der Waals surface area contributed by atoms with Crippen molar-refractivity contribution in [2.45, 2.75) is 306 Å². The molecule has 0 bridgehead atoms. The first-order valence-electron chi connectivity index (χ1n) is 41.6. The second kappa shape index (κ2) is 72.6. The predicted molar refractivity (Wildman–Crippen MR) is 549 cm³/mol. The van der Waals surface area contributed by atoms with Crippen LogP contribution in [0.2, 0.25) is 0 Å². The average molecular weight is 1870 g/mol. The summed E-state index contributed by atoms with van der Waals surface area (Å²) < 4.78 is 106. The lowest BCUT2D eigenvalue weighted by Gasteiger charge is -2.16. The molecule has 8 aromatic carbocycles. The van der Waals surface area contributed by atoms with E-state index in [0.717, 1.165) is 40.0 Å². The third-order valence-electron chi connectivity index (χ3n) is 11.5. The fourth-order valence-electron chi connectivity index (χ4n) is 8.21. The molecule has 2 N–H and O–H groups in total. The molecule has 690 valence electrons. The van der Waals surface area contributed by atoms with Crippen LogP contribution in [-0.4, -0.2) is 114 Å². The molecular formula is C98H156N2O12S10. The van der Waals surface area contributed by atoms with E-state index in [0.29, 0.717) is 37.8 Å². The van der Waals surface area contributed by atoms with Crippen LogP contribution in [0.15, 0.2) is 265 Å². The lowest BCUT2D eigenvalue weighted by molar-refractivity contribution is 0.140. The van der Waals surface area contributed by atoms with Gasteiger partial charge in [-0.05, 0) is 166 Å². The minimum atomic E-state index is -4.02. The van der Waals surface area contributed by atoms with Crippen LogP contribution in [0.4, 0.5) is 0 Å². The van der Waals surface area contributed by atoms with Gasteiger partial charge in [0.1, 0.15) is 0 Å². The van der Waals surface area contributed by atoms with E-state index >= 15 is 0 Å². The molecule has 2 heterocycles. The molecule has 2 aromatic heterocycles. The Morgan fingerprint density at radius 1 is 0.303 bits per heavy atom. The van der Waals surface area contributed by atoms with Gasteiger partial charge in [-0.2, -0.15) is 33.7 Å². The monoisotopic (exact) mass is 1870 g/mol. The first-order valence-corrected chi connectivity index (χ1v) is 53.8. The largest absolute Gasteiger partial charge is 0.294 e. The Kier molecular flexibility index (Phi) is 75.8. The highest BCUT2D eigenvalue weighted by atomic mass is 32.2. The van der Waals surface area contributed by atoms with Crippen LogP contribution in [0.25, 0.3) is 32.3 Å². The van der Waals surface area contributed by atoms with E-state index in [1.807, 2.05) is 158 Å². The Morgan fingerprint density at radius 3 is 0.828 bits per heavy atom. The molecule has 0 spiro atoms. The summed E-state index contributed by atoms with van der Waals surface area (Å²) in [5.41, 5.74) is -0.251. The Morgan fingerprint density at radius 2 is 0.566 bits per heavy atom. The number of fused-ring (bicyclic) bond motifs is 3. The fraction of sp³-hybridized carbons (Fsp3) is 0.469. The quantitative estimate of drug-likeness (QED) is 0.0553. The van der Waals surface area contributed by atoms with Crippen molar-refractivity contribution in [1.29, 1.82) is 0 Å². The number of pyridine rings is 2. The highest BCUT2D eigenvalue weighted by Gasteiger charge is 2.18. The van der Waals surface area contributed by atoms with E-state index in [9.17, 15) is 33.7 Å². The van der Waals surface area contributed by atoms with Gasteiger partial charge in [-0.15, -0.1) is 70.6 Å². The summed E-state index contributed by atoms with van der Waals surface area (Å²) >= 11 is 11.2. The summed E-state index contributed by atoms with van der Waals surface area (Å²) in [5.74, 6) is 1.67. The predicted octanol–water partition coefficient (Wildman–Crippen LogP) is 31.1. The van der Waals surface area contributed by atoms with Gasteiger partial charge in [0.05, 0.1) is 44.9 Å². The zero-order valence-electron chi connectivity index (χ0n) is 80.5. The van der Waals surface area contributed by atoms with E-state index in [-0.39, 0.29) is 4.90 Å². The van der Waals surface area contributed by atoms with Crippen LogP contribution >= 0.6 is 70.6 Å². The van der Waals surface area contributed by atoms with Gasteiger partial charge in [-0.25, -0.2) is 9.97 Å². The molecule has 0 unspecified atom stereocenters. The number of thioether (sulfide) groups is 6. The van der Waals surface area contributed by atoms with Crippen LogP contribution < -0.4 is 0 Å². The molecule has 122 heavy (non-hydrogen) atoms. The van der Waals surface area contributed by atoms with Gasteiger partial charge in [0.15, 0.2) is 0 Å². The summed E-state index contributed by atoms with van der Waals surface area (Å²) in [4.78, 5) is 14.0. The zero-order valence-corrected chi connectivity index (χ0v) is 88.7. The fourth-order valence-corrected chi connectivity index (χ4v) is 15.6. The van der Waals surface area contributed by atoms with E-state index in [4.69, 9.17) is 9.11 Å². The second-order valence-electron chi connectivity index (χ2n) is 30.5. The third kappa shape index (κ3) is 86.7. The van der Waals surface area contributed by atoms with Crippen molar-refractivity contribution in [1.82, 2.24) is 9.97 Å².